The largest absolute Gasteiger partial charge is 0.416 e. The summed E-state index contributed by atoms with van der Waals surface area (Å²) in [5.74, 6) is 0.211. The molecule has 1 aliphatic rings. The smallest absolute Gasteiger partial charge is 0.319 e. The number of alkyl halides is 3. The first-order chi connectivity index (χ1) is 9.54. The van der Waals surface area contributed by atoms with Gasteiger partial charge in [0.2, 0.25) is 0 Å². The minimum atomic E-state index is -4.30. The summed E-state index contributed by atoms with van der Waals surface area (Å²) in [6.07, 6.45) is 3.37. The molecule has 1 aromatic rings. The molecule has 2 atom stereocenters. The molecule has 1 aliphatic carbocycles. The first kappa shape index (κ1) is 15.3. The maximum Gasteiger partial charge on any atom is 0.416 e. The lowest BCUT2D eigenvalue weighted by atomic mass is 9.81. The van der Waals surface area contributed by atoms with Gasteiger partial charge in [-0.2, -0.15) is 13.2 Å². The van der Waals surface area contributed by atoms with Crippen molar-refractivity contribution in [3.05, 3.63) is 29.6 Å². The highest BCUT2D eigenvalue weighted by Crippen LogP contribution is 2.41. The van der Waals surface area contributed by atoms with Gasteiger partial charge in [-0.1, -0.05) is 19.3 Å². The van der Waals surface area contributed by atoms with Gasteiger partial charge < -0.3 is 5.32 Å². The lowest BCUT2D eigenvalue weighted by molar-refractivity contribution is -0.138. The molecule has 0 saturated heterocycles. The van der Waals surface area contributed by atoms with E-state index in [0.717, 1.165) is 44.7 Å². The highest BCUT2D eigenvalue weighted by molar-refractivity contribution is 5.30. The van der Waals surface area contributed by atoms with E-state index in [9.17, 15) is 13.2 Å². The molecule has 0 amide bonds. The Hall–Kier alpha value is -1.10. The van der Waals surface area contributed by atoms with Crippen LogP contribution in [0.25, 0.3) is 0 Å². The summed E-state index contributed by atoms with van der Waals surface area (Å²) in [4.78, 5) is 3.94. The highest BCUT2D eigenvalue weighted by atomic mass is 19.4. The molecule has 112 valence electrons. The van der Waals surface area contributed by atoms with Crippen LogP contribution in [0.4, 0.5) is 13.2 Å². The van der Waals surface area contributed by atoms with Gasteiger partial charge in [0.05, 0.1) is 5.56 Å². The minimum absolute atomic E-state index is 0.0460. The van der Waals surface area contributed by atoms with Crippen LogP contribution in [-0.4, -0.2) is 18.6 Å². The molecule has 2 rings (SSSR count). The Labute approximate surface area is 117 Å². The summed E-state index contributed by atoms with van der Waals surface area (Å²) in [6.45, 7) is 0.761. The van der Waals surface area contributed by atoms with Crippen molar-refractivity contribution >= 4 is 0 Å². The van der Waals surface area contributed by atoms with E-state index in [1.54, 1.807) is 0 Å². The third kappa shape index (κ3) is 3.51. The number of hydrogen-bond donors (Lipinski definition) is 1. The molecule has 0 bridgehead atoms. The molecule has 0 aliphatic heterocycles. The summed E-state index contributed by atoms with van der Waals surface area (Å²) >= 11 is 0. The fraction of sp³-hybridized carbons (Fsp3) is 0.667. The number of rotatable bonds is 3. The van der Waals surface area contributed by atoms with Gasteiger partial charge in [-0.3, -0.25) is 4.98 Å². The van der Waals surface area contributed by atoms with E-state index in [4.69, 9.17) is 0 Å². The van der Waals surface area contributed by atoms with Gasteiger partial charge >= 0.3 is 6.18 Å². The van der Waals surface area contributed by atoms with Crippen molar-refractivity contribution < 1.29 is 13.2 Å². The van der Waals surface area contributed by atoms with Crippen LogP contribution in [0.3, 0.4) is 0 Å². The molecule has 0 radical (unpaired) electrons. The Bertz CT molecular complexity index is 431. The van der Waals surface area contributed by atoms with Crippen LogP contribution in [0.2, 0.25) is 0 Å². The molecule has 2 nitrogen and oxygen atoms in total. The Balaban J connectivity index is 2.36. The Morgan fingerprint density at radius 2 is 2.00 bits per heavy atom. The lowest BCUT2D eigenvalue weighted by Crippen LogP contribution is -2.26. The highest BCUT2D eigenvalue weighted by Gasteiger charge is 2.37. The van der Waals surface area contributed by atoms with Crippen LogP contribution in [0.15, 0.2) is 18.5 Å². The summed E-state index contributed by atoms with van der Waals surface area (Å²) in [5, 5.41) is 3.12. The van der Waals surface area contributed by atoms with Crippen molar-refractivity contribution in [2.24, 2.45) is 5.92 Å². The van der Waals surface area contributed by atoms with Gasteiger partial charge in [-0.15, -0.1) is 0 Å². The number of hydrogen-bond acceptors (Lipinski definition) is 2. The SMILES string of the molecule is CNCC1CCCCCC1c1cnccc1C(F)(F)F. The zero-order valence-electron chi connectivity index (χ0n) is 11.7. The topological polar surface area (TPSA) is 24.9 Å². The zero-order chi connectivity index (χ0) is 14.6. The van der Waals surface area contributed by atoms with Crippen molar-refractivity contribution in [3.63, 3.8) is 0 Å². The van der Waals surface area contributed by atoms with Crippen LogP contribution in [-0.2, 0) is 6.18 Å². The molecule has 1 saturated carbocycles. The third-order valence-electron chi connectivity index (χ3n) is 4.18. The van der Waals surface area contributed by atoms with E-state index in [0.29, 0.717) is 5.56 Å². The first-order valence-electron chi connectivity index (χ1n) is 7.19. The summed E-state index contributed by atoms with van der Waals surface area (Å²) in [7, 11) is 1.86. The van der Waals surface area contributed by atoms with Crippen molar-refractivity contribution in [2.45, 2.75) is 44.2 Å². The molecule has 0 spiro atoms. The molecule has 0 aromatic carbocycles. The molecular formula is C15H21F3N2. The lowest BCUT2D eigenvalue weighted by Gasteiger charge is -2.27. The second kappa shape index (κ2) is 6.57. The fourth-order valence-corrected chi connectivity index (χ4v) is 3.26. The maximum absolute atomic E-state index is 13.2. The van der Waals surface area contributed by atoms with E-state index in [-0.39, 0.29) is 11.8 Å². The quantitative estimate of drug-likeness (QED) is 0.850. The molecule has 1 aromatic heterocycles. The van der Waals surface area contributed by atoms with Crippen molar-refractivity contribution in [1.82, 2.24) is 10.3 Å². The summed E-state index contributed by atoms with van der Waals surface area (Å²) in [5.41, 5.74) is -0.136. The molecule has 1 heterocycles. The second-order valence-electron chi connectivity index (χ2n) is 5.52. The second-order valence-corrected chi connectivity index (χ2v) is 5.52. The Morgan fingerprint density at radius 1 is 1.25 bits per heavy atom. The zero-order valence-corrected chi connectivity index (χ0v) is 11.7. The Morgan fingerprint density at radius 3 is 2.70 bits per heavy atom. The summed E-state index contributed by atoms with van der Waals surface area (Å²) in [6, 6.07) is 1.11. The van der Waals surface area contributed by atoms with Gasteiger partial charge in [0.15, 0.2) is 0 Å². The van der Waals surface area contributed by atoms with Gasteiger partial charge in [-0.25, -0.2) is 0 Å². The number of aromatic nitrogens is 1. The molecule has 1 fully saturated rings. The van der Waals surface area contributed by atoms with Crippen LogP contribution in [0.1, 0.15) is 49.1 Å². The number of halogens is 3. The van der Waals surface area contributed by atoms with Crippen molar-refractivity contribution in [1.29, 1.82) is 0 Å². The van der Waals surface area contributed by atoms with E-state index >= 15 is 0 Å². The first-order valence-corrected chi connectivity index (χ1v) is 7.19. The van der Waals surface area contributed by atoms with E-state index in [1.165, 1.54) is 12.4 Å². The van der Waals surface area contributed by atoms with Crippen molar-refractivity contribution in [3.8, 4) is 0 Å². The van der Waals surface area contributed by atoms with Gasteiger partial charge in [-0.05, 0) is 49.9 Å². The van der Waals surface area contributed by atoms with Crippen LogP contribution < -0.4 is 5.32 Å². The number of pyridine rings is 1. The molecular weight excluding hydrogens is 265 g/mol. The van der Waals surface area contributed by atoms with Gasteiger partial charge in [0.1, 0.15) is 0 Å². The number of nitrogens with zero attached hydrogens (tertiary/aromatic N) is 1. The molecule has 20 heavy (non-hydrogen) atoms. The van der Waals surface area contributed by atoms with E-state index < -0.39 is 11.7 Å². The van der Waals surface area contributed by atoms with E-state index in [2.05, 4.69) is 10.3 Å². The normalized spacial score (nSPS) is 24.4. The minimum Gasteiger partial charge on any atom is -0.319 e. The molecule has 5 heteroatoms. The predicted octanol–water partition coefficient (Wildman–Crippen LogP) is 3.98. The standard InChI is InChI=1S/C15H21F3N2/c1-19-9-11-5-3-2-4-6-12(11)13-10-20-8-7-14(13)15(16,17)18/h7-8,10-12,19H,2-6,9H2,1H3. The fourth-order valence-electron chi connectivity index (χ4n) is 3.26. The number of nitrogens with one attached hydrogen (secondary N) is 1. The van der Waals surface area contributed by atoms with Crippen LogP contribution >= 0.6 is 0 Å². The van der Waals surface area contributed by atoms with E-state index in [1.807, 2.05) is 7.05 Å². The molecule has 1 N–H and O–H groups in total. The monoisotopic (exact) mass is 286 g/mol. The predicted molar refractivity (Wildman–Crippen MR) is 72.5 cm³/mol. The third-order valence-corrected chi connectivity index (χ3v) is 4.18. The Kier molecular flexibility index (Phi) is 5.02. The maximum atomic E-state index is 13.2. The van der Waals surface area contributed by atoms with Crippen LogP contribution in [0.5, 0.6) is 0 Å². The molecule has 2 unspecified atom stereocenters. The average Bonchev–Trinajstić information content (AvgIpc) is 2.64. The van der Waals surface area contributed by atoms with Crippen LogP contribution in [0, 0.1) is 5.92 Å². The van der Waals surface area contributed by atoms with Gasteiger partial charge in [0, 0.05) is 12.4 Å². The van der Waals surface area contributed by atoms with Crippen molar-refractivity contribution in [2.75, 3.05) is 13.6 Å². The summed E-state index contributed by atoms with van der Waals surface area (Å²) < 4.78 is 39.5. The average molecular weight is 286 g/mol. The van der Waals surface area contributed by atoms with Gasteiger partial charge in [0.25, 0.3) is 0 Å².